The molecule has 0 aromatic heterocycles. The van der Waals surface area contributed by atoms with Gasteiger partial charge in [0.05, 0.1) is 6.10 Å². The van der Waals surface area contributed by atoms with Crippen LogP contribution >= 0.6 is 0 Å². The smallest absolute Gasteiger partial charge is 0.0914 e. The average Bonchev–Trinajstić information content (AvgIpc) is 2.08. The Labute approximate surface area is 73.0 Å². The van der Waals surface area contributed by atoms with Crippen LogP contribution < -0.4 is 5.73 Å². The summed E-state index contributed by atoms with van der Waals surface area (Å²) in [5.74, 6) is 0. The SMILES string of the molecule is Cc1ccc(C)c([C@H](O)CN)c1. The predicted molar refractivity (Wildman–Crippen MR) is 49.9 cm³/mol. The van der Waals surface area contributed by atoms with Gasteiger partial charge in [0.15, 0.2) is 0 Å². The second-order valence-electron chi connectivity index (χ2n) is 3.11. The Morgan fingerprint density at radius 1 is 1.42 bits per heavy atom. The molecule has 1 aromatic carbocycles. The highest BCUT2D eigenvalue weighted by molar-refractivity contribution is 5.32. The van der Waals surface area contributed by atoms with Gasteiger partial charge < -0.3 is 10.8 Å². The van der Waals surface area contributed by atoms with E-state index in [4.69, 9.17) is 5.73 Å². The first-order chi connectivity index (χ1) is 5.65. The summed E-state index contributed by atoms with van der Waals surface area (Å²) in [6, 6.07) is 6.01. The summed E-state index contributed by atoms with van der Waals surface area (Å²) in [6.07, 6.45) is -0.523. The molecule has 2 heteroatoms. The van der Waals surface area contributed by atoms with E-state index in [-0.39, 0.29) is 6.54 Å². The van der Waals surface area contributed by atoms with E-state index >= 15 is 0 Å². The Morgan fingerprint density at radius 2 is 2.08 bits per heavy atom. The van der Waals surface area contributed by atoms with E-state index in [0.29, 0.717) is 0 Å². The van der Waals surface area contributed by atoms with Crippen LogP contribution in [0.2, 0.25) is 0 Å². The molecule has 1 aromatic rings. The van der Waals surface area contributed by atoms with Crippen molar-refractivity contribution in [2.24, 2.45) is 5.73 Å². The molecule has 0 spiro atoms. The summed E-state index contributed by atoms with van der Waals surface area (Å²) in [5.41, 5.74) is 8.57. The fraction of sp³-hybridized carbons (Fsp3) is 0.400. The highest BCUT2D eigenvalue weighted by atomic mass is 16.3. The maximum absolute atomic E-state index is 9.51. The van der Waals surface area contributed by atoms with Gasteiger partial charge in [-0.25, -0.2) is 0 Å². The molecule has 0 aliphatic carbocycles. The number of aliphatic hydroxyl groups is 1. The number of hydrogen-bond donors (Lipinski definition) is 2. The third-order valence-electron chi connectivity index (χ3n) is 2.02. The van der Waals surface area contributed by atoms with Crippen LogP contribution in [-0.4, -0.2) is 11.7 Å². The second-order valence-corrected chi connectivity index (χ2v) is 3.11. The quantitative estimate of drug-likeness (QED) is 0.693. The summed E-state index contributed by atoms with van der Waals surface area (Å²) in [4.78, 5) is 0. The lowest BCUT2D eigenvalue weighted by molar-refractivity contribution is 0.186. The van der Waals surface area contributed by atoms with Gasteiger partial charge in [-0.1, -0.05) is 23.8 Å². The number of benzene rings is 1. The molecule has 66 valence electrons. The minimum atomic E-state index is -0.523. The minimum absolute atomic E-state index is 0.282. The zero-order valence-corrected chi connectivity index (χ0v) is 7.54. The van der Waals surface area contributed by atoms with E-state index in [2.05, 4.69) is 0 Å². The minimum Gasteiger partial charge on any atom is -0.387 e. The third kappa shape index (κ3) is 1.84. The van der Waals surface area contributed by atoms with E-state index in [1.54, 1.807) is 0 Å². The lowest BCUT2D eigenvalue weighted by atomic mass is 10.0. The van der Waals surface area contributed by atoms with Crippen LogP contribution in [0.3, 0.4) is 0 Å². The van der Waals surface area contributed by atoms with Gasteiger partial charge in [-0.2, -0.15) is 0 Å². The summed E-state index contributed by atoms with van der Waals surface area (Å²) in [7, 11) is 0. The van der Waals surface area contributed by atoms with Gasteiger partial charge in [-0.3, -0.25) is 0 Å². The molecular weight excluding hydrogens is 150 g/mol. The topological polar surface area (TPSA) is 46.2 Å². The normalized spacial score (nSPS) is 13.0. The monoisotopic (exact) mass is 165 g/mol. The van der Waals surface area contributed by atoms with Crippen molar-refractivity contribution in [1.82, 2.24) is 0 Å². The fourth-order valence-corrected chi connectivity index (χ4v) is 1.25. The summed E-state index contributed by atoms with van der Waals surface area (Å²) >= 11 is 0. The molecule has 0 saturated carbocycles. The van der Waals surface area contributed by atoms with Crippen molar-refractivity contribution in [2.45, 2.75) is 20.0 Å². The number of nitrogens with two attached hydrogens (primary N) is 1. The highest BCUT2D eigenvalue weighted by Crippen LogP contribution is 2.17. The molecule has 1 rings (SSSR count). The predicted octanol–water partition coefficient (Wildman–Crippen LogP) is 1.30. The molecule has 3 N–H and O–H groups in total. The molecule has 0 amide bonds. The van der Waals surface area contributed by atoms with Crippen molar-refractivity contribution < 1.29 is 5.11 Å². The largest absolute Gasteiger partial charge is 0.387 e. The van der Waals surface area contributed by atoms with E-state index in [9.17, 15) is 5.11 Å². The summed E-state index contributed by atoms with van der Waals surface area (Å²) in [6.45, 7) is 4.27. The van der Waals surface area contributed by atoms with Crippen LogP contribution in [-0.2, 0) is 0 Å². The Morgan fingerprint density at radius 3 is 2.67 bits per heavy atom. The second kappa shape index (κ2) is 3.70. The van der Waals surface area contributed by atoms with Crippen molar-refractivity contribution in [2.75, 3.05) is 6.54 Å². The zero-order chi connectivity index (χ0) is 9.14. The number of hydrogen-bond acceptors (Lipinski definition) is 2. The summed E-state index contributed by atoms with van der Waals surface area (Å²) in [5, 5.41) is 9.51. The van der Waals surface area contributed by atoms with Crippen LogP contribution in [0.25, 0.3) is 0 Å². The van der Waals surface area contributed by atoms with Gasteiger partial charge in [0, 0.05) is 6.54 Å². The van der Waals surface area contributed by atoms with Crippen molar-refractivity contribution in [3.05, 3.63) is 34.9 Å². The maximum atomic E-state index is 9.51. The highest BCUT2D eigenvalue weighted by Gasteiger charge is 2.07. The number of rotatable bonds is 2. The standard InChI is InChI=1S/C10H15NO/c1-7-3-4-8(2)9(5-7)10(12)6-11/h3-5,10,12H,6,11H2,1-2H3/t10-/m1/s1. The van der Waals surface area contributed by atoms with Crippen molar-refractivity contribution in [3.8, 4) is 0 Å². The molecule has 0 radical (unpaired) electrons. The van der Waals surface area contributed by atoms with E-state index in [1.807, 2.05) is 32.0 Å². The van der Waals surface area contributed by atoms with Crippen LogP contribution in [0.4, 0.5) is 0 Å². The van der Waals surface area contributed by atoms with Gasteiger partial charge in [0.25, 0.3) is 0 Å². The Balaban J connectivity index is 3.04. The van der Waals surface area contributed by atoms with Gasteiger partial charge in [0.1, 0.15) is 0 Å². The maximum Gasteiger partial charge on any atom is 0.0914 e. The molecule has 0 fully saturated rings. The molecule has 12 heavy (non-hydrogen) atoms. The average molecular weight is 165 g/mol. The lowest BCUT2D eigenvalue weighted by Crippen LogP contribution is -2.12. The Bertz CT molecular complexity index is 271. The van der Waals surface area contributed by atoms with Crippen molar-refractivity contribution in [1.29, 1.82) is 0 Å². The van der Waals surface area contributed by atoms with E-state index in [1.165, 1.54) is 0 Å². The molecule has 1 atom stereocenters. The van der Waals surface area contributed by atoms with Gasteiger partial charge >= 0.3 is 0 Å². The van der Waals surface area contributed by atoms with Gasteiger partial charge in [-0.15, -0.1) is 0 Å². The zero-order valence-electron chi connectivity index (χ0n) is 7.54. The first-order valence-corrected chi connectivity index (χ1v) is 4.10. The molecule has 2 nitrogen and oxygen atoms in total. The molecule has 0 unspecified atom stereocenters. The van der Waals surface area contributed by atoms with Crippen LogP contribution in [0.5, 0.6) is 0 Å². The van der Waals surface area contributed by atoms with Crippen LogP contribution in [0.15, 0.2) is 18.2 Å². The van der Waals surface area contributed by atoms with E-state index in [0.717, 1.165) is 16.7 Å². The molecule has 0 aliphatic heterocycles. The fourth-order valence-electron chi connectivity index (χ4n) is 1.25. The van der Waals surface area contributed by atoms with Crippen molar-refractivity contribution >= 4 is 0 Å². The number of aryl methyl sites for hydroxylation is 2. The summed E-state index contributed by atoms with van der Waals surface area (Å²) < 4.78 is 0. The Hall–Kier alpha value is -0.860. The number of aliphatic hydroxyl groups excluding tert-OH is 1. The molecule has 0 saturated heterocycles. The molecule has 0 heterocycles. The van der Waals surface area contributed by atoms with Crippen LogP contribution in [0.1, 0.15) is 22.8 Å². The molecular formula is C10H15NO. The molecule has 0 bridgehead atoms. The third-order valence-corrected chi connectivity index (χ3v) is 2.02. The Kier molecular flexibility index (Phi) is 2.84. The van der Waals surface area contributed by atoms with Gasteiger partial charge in [0.2, 0.25) is 0 Å². The lowest BCUT2D eigenvalue weighted by Gasteiger charge is -2.11. The van der Waals surface area contributed by atoms with E-state index < -0.39 is 6.10 Å². The van der Waals surface area contributed by atoms with Crippen LogP contribution in [0, 0.1) is 13.8 Å². The van der Waals surface area contributed by atoms with Gasteiger partial charge in [-0.05, 0) is 25.0 Å². The first-order valence-electron chi connectivity index (χ1n) is 4.10. The van der Waals surface area contributed by atoms with Crippen molar-refractivity contribution in [3.63, 3.8) is 0 Å². The first kappa shape index (κ1) is 9.23. The molecule has 0 aliphatic rings.